The van der Waals surface area contributed by atoms with Gasteiger partial charge in [-0.25, -0.2) is 8.42 Å². The maximum atomic E-state index is 11.9. The highest BCUT2D eigenvalue weighted by Crippen LogP contribution is 2.12. The molecule has 0 aromatic rings. The van der Waals surface area contributed by atoms with Gasteiger partial charge in [0.2, 0.25) is 5.91 Å². The maximum Gasteiger partial charge on any atom is 0.303 e. The van der Waals surface area contributed by atoms with Crippen molar-refractivity contribution in [3.63, 3.8) is 0 Å². The molecule has 1 unspecified atom stereocenters. The Morgan fingerprint density at radius 3 is 2.50 bits per heavy atom. The third-order valence-corrected chi connectivity index (χ3v) is 4.67. The minimum Gasteiger partial charge on any atom is -0.481 e. The molecule has 0 aromatic carbocycles. The Morgan fingerprint density at radius 1 is 1.22 bits per heavy atom. The molecule has 1 fully saturated rings. The summed E-state index contributed by atoms with van der Waals surface area (Å²) in [6.07, 6.45) is 0.575. The largest absolute Gasteiger partial charge is 0.481 e. The molecule has 7 heteroatoms. The molecule has 1 aliphatic rings. The third kappa shape index (κ3) is 5.03. The molecule has 0 bridgehead atoms. The number of aliphatic carboxylic acids is 1. The first kappa shape index (κ1) is 14.9. The number of hydrogen-bond donors (Lipinski definition) is 1. The molecule has 0 aliphatic carbocycles. The second-order valence-corrected chi connectivity index (χ2v) is 7.10. The Morgan fingerprint density at radius 2 is 1.89 bits per heavy atom. The van der Waals surface area contributed by atoms with Gasteiger partial charge >= 0.3 is 5.97 Å². The molecule has 1 aliphatic heterocycles. The molecule has 0 spiro atoms. The molecule has 1 saturated heterocycles. The van der Waals surface area contributed by atoms with E-state index in [-0.39, 0.29) is 42.7 Å². The minimum atomic E-state index is -3.02. The van der Waals surface area contributed by atoms with Crippen LogP contribution in [0.15, 0.2) is 0 Å². The lowest BCUT2D eigenvalue weighted by Crippen LogP contribution is -2.34. The first-order valence-corrected chi connectivity index (χ1v) is 7.82. The van der Waals surface area contributed by atoms with Gasteiger partial charge < -0.3 is 10.0 Å². The number of carboxylic acid groups (broad SMARTS) is 1. The number of amides is 1. The molecule has 1 N–H and O–H groups in total. The standard InChI is InChI=1S/C11H19NO5S/c1-9(8-11(14)15)7-10(13)12-3-2-5-18(16,17)6-4-12/h9H,2-8H2,1H3,(H,14,15). The average Bonchev–Trinajstić information content (AvgIpc) is 2.37. The number of carbonyl (C=O) groups excluding carboxylic acids is 1. The number of carbonyl (C=O) groups is 2. The molecule has 0 saturated carbocycles. The predicted molar refractivity (Wildman–Crippen MR) is 65.9 cm³/mol. The third-order valence-electron chi connectivity index (χ3n) is 2.95. The number of rotatable bonds is 4. The van der Waals surface area contributed by atoms with Crippen molar-refractivity contribution in [2.24, 2.45) is 5.92 Å². The van der Waals surface area contributed by atoms with Gasteiger partial charge in [-0.15, -0.1) is 0 Å². The zero-order chi connectivity index (χ0) is 13.8. The van der Waals surface area contributed by atoms with Crippen LogP contribution in [-0.2, 0) is 19.4 Å². The van der Waals surface area contributed by atoms with E-state index in [1.165, 1.54) is 4.90 Å². The summed E-state index contributed by atoms with van der Waals surface area (Å²) in [6, 6.07) is 0. The van der Waals surface area contributed by atoms with Gasteiger partial charge in [-0.05, 0) is 12.3 Å². The summed E-state index contributed by atoms with van der Waals surface area (Å²) in [6.45, 7) is 2.37. The summed E-state index contributed by atoms with van der Waals surface area (Å²) in [4.78, 5) is 23.9. The number of sulfone groups is 1. The molecule has 6 nitrogen and oxygen atoms in total. The van der Waals surface area contributed by atoms with Gasteiger partial charge in [-0.1, -0.05) is 6.92 Å². The van der Waals surface area contributed by atoms with Crippen LogP contribution in [0.3, 0.4) is 0 Å². The monoisotopic (exact) mass is 277 g/mol. The van der Waals surface area contributed by atoms with E-state index < -0.39 is 15.8 Å². The van der Waals surface area contributed by atoms with Crippen molar-refractivity contribution in [2.75, 3.05) is 24.6 Å². The van der Waals surface area contributed by atoms with Gasteiger partial charge in [0.25, 0.3) is 0 Å². The maximum absolute atomic E-state index is 11.9. The molecule has 1 atom stereocenters. The highest BCUT2D eigenvalue weighted by Gasteiger charge is 2.23. The lowest BCUT2D eigenvalue weighted by Gasteiger charge is -2.21. The molecule has 0 aromatic heterocycles. The van der Waals surface area contributed by atoms with Crippen molar-refractivity contribution in [1.29, 1.82) is 0 Å². The van der Waals surface area contributed by atoms with Crippen molar-refractivity contribution in [2.45, 2.75) is 26.2 Å². The Hall–Kier alpha value is -1.11. The molecule has 1 amide bonds. The van der Waals surface area contributed by atoms with Crippen LogP contribution in [0.2, 0.25) is 0 Å². The van der Waals surface area contributed by atoms with E-state index in [1.54, 1.807) is 6.92 Å². The molecular formula is C11H19NO5S. The van der Waals surface area contributed by atoms with Crippen molar-refractivity contribution in [3.05, 3.63) is 0 Å². The first-order valence-electron chi connectivity index (χ1n) is 6.00. The molecule has 18 heavy (non-hydrogen) atoms. The quantitative estimate of drug-likeness (QED) is 0.789. The molecular weight excluding hydrogens is 258 g/mol. The Bertz CT molecular complexity index is 417. The van der Waals surface area contributed by atoms with Crippen molar-refractivity contribution in [3.8, 4) is 0 Å². The Balaban J connectivity index is 2.49. The van der Waals surface area contributed by atoms with E-state index in [1.807, 2.05) is 0 Å². The van der Waals surface area contributed by atoms with Gasteiger partial charge in [0.1, 0.15) is 0 Å². The van der Waals surface area contributed by atoms with Crippen LogP contribution in [-0.4, -0.2) is 54.9 Å². The Labute approximate surface area is 107 Å². The lowest BCUT2D eigenvalue weighted by atomic mass is 10.0. The van der Waals surface area contributed by atoms with Crippen LogP contribution in [0.1, 0.15) is 26.2 Å². The predicted octanol–water partition coefficient (Wildman–Crippen LogP) is 0.134. The summed E-state index contributed by atoms with van der Waals surface area (Å²) < 4.78 is 22.8. The van der Waals surface area contributed by atoms with Crippen LogP contribution < -0.4 is 0 Å². The molecule has 104 valence electrons. The summed E-state index contributed by atoms with van der Waals surface area (Å²) >= 11 is 0. The zero-order valence-corrected chi connectivity index (χ0v) is 11.3. The summed E-state index contributed by atoms with van der Waals surface area (Å²) in [7, 11) is -3.02. The van der Waals surface area contributed by atoms with Gasteiger partial charge in [-0.2, -0.15) is 0 Å². The summed E-state index contributed by atoms with van der Waals surface area (Å²) in [5.74, 6) is -1.17. The topological polar surface area (TPSA) is 91.8 Å². The van der Waals surface area contributed by atoms with Gasteiger partial charge in [-0.3, -0.25) is 9.59 Å². The van der Waals surface area contributed by atoms with Crippen LogP contribution in [0.25, 0.3) is 0 Å². The van der Waals surface area contributed by atoms with Crippen molar-refractivity contribution in [1.82, 2.24) is 4.90 Å². The van der Waals surface area contributed by atoms with Gasteiger partial charge in [0.05, 0.1) is 11.5 Å². The fourth-order valence-electron chi connectivity index (χ4n) is 1.99. The van der Waals surface area contributed by atoms with Crippen molar-refractivity contribution >= 4 is 21.7 Å². The first-order chi connectivity index (χ1) is 8.30. The van der Waals surface area contributed by atoms with E-state index >= 15 is 0 Å². The molecule has 1 heterocycles. The Kier molecular flexibility index (Phi) is 5.13. The molecule has 1 rings (SSSR count). The minimum absolute atomic E-state index is 0.00600. The molecule has 0 radical (unpaired) electrons. The number of hydrogen-bond acceptors (Lipinski definition) is 4. The van der Waals surface area contributed by atoms with Crippen molar-refractivity contribution < 1.29 is 23.1 Å². The fourth-order valence-corrected chi connectivity index (χ4v) is 3.26. The number of nitrogens with zero attached hydrogens (tertiary/aromatic N) is 1. The van der Waals surface area contributed by atoms with E-state index in [0.717, 1.165) is 0 Å². The summed E-state index contributed by atoms with van der Waals surface area (Å²) in [5.41, 5.74) is 0. The highest BCUT2D eigenvalue weighted by atomic mass is 32.2. The van der Waals surface area contributed by atoms with Gasteiger partial charge in [0.15, 0.2) is 9.84 Å². The zero-order valence-electron chi connectivity index (χ0n) is 10.5. The van der Waals surface area contributed by atoms with Crippen LogP contribution >= 0.6 is 0 Å². The second-order valence-electron chi connectivity index (χ2n) is 4.79. The normalized spacial score (nSPS) is 21.1. The fraction of sp³-hybridized carbons (Fsp3) is 0.818. The highest BCUT2D eigenvalue weighted by molar-refractivity contribution is 7.91. The van der Waals surface area contributed by atoms with E-state index in [4.69, 9.17) is 5.11 Å². The van der Waals surface area contributed by atoms with Crippen LogP contribution in [0.5, 0.6) is 0 Å². The smallest absolute Gasteiger partial charge is 0.303 e. The SMILES string of the molecule is CC(CC(=O)O)CC(=O)N1CCCS(=O)(=O)CC1. The second kappa shape index (κ2) is 6.17. The van der Waals surface area contributed by atoms with Gasteiger partial charge in [0, 0.05) is 25.9 Å². The lowest BCUT2D eigenvalue weighted by molar-refractivity contribution is -0.138. The van der Waals surface area contributed by atoms with E-state index in [9.17, 15) is 18.0 Å². The van der Waals surface area contributed by atoms with Crippen LogP contribution in [0, 0.1) is 5.92 Å². The van der Waals surface area contributed by atoms with E-state index in [0.29, 0.717) is 13.0 Å². The van der Waals surface area contributed by atoms with Crippen LogP contribution in [0.4, 0.5) is 0 Å². The van der Waals surface area contributed by atoms with E-state index in [2.05, 4.69) is 0 Å². The average molecular weight is 277 g/mol. The summed E-state index contributed by atoms with van der Waals surface area (Å²) in [5, 5.41) is 8.62. The number of carboxylic acids is 1.